The summed E-state index contributed by atoms with van der Waals surface area (Å²) in [4.78, 5) is 36.2. The molecular formula is C24H22F2N8O5S. The van der Waals surface area contributed by atoms with Crippen molar-refractivity contribution in [2.75, 3.05) is 50.0 Å². The Morgan fingerprint density at radius 2 is 1.93 bits per heavy atom. The third kappa shape index (κ3) is 4.71. The van der Waals surface area contributed by atoms with Gasteiger partial charge in [0, 0.05) is 51.4 Å². The summed E-state index contributed by atoms with van der Waals surface area (Å²) in [5.41, 5.74) is 7.10. The molecule has 1 saturated heterocycles. The summed E-state index contributed by atoms with van der Waals surface area (Å²) in [6.07, 6.45) is 1.51. The highest BCUT2D eigenvalue weighted by Crippen LogP contribution is 2.29. The van der Waals surface area contributed by atoms with Gasteiger partial charge in [0.2, 0.25) is 11.8 Å². The average Bonchev–Trinajstić information content (AvgIpc) is 3.67. The van der Waals surface area contributed by atoms with Gasteiger partial charge in [-0.3, -0.25) is 14.3 Å². The van der Waals surface area contributed by atoms with E-state index in [1.54, 1.807) is 21.6 Å². The Balaban J connectivity index is 1.16. The van der Waals surface area contributed by atoms with Gasteiger partial charge in [0.05, 0.1) is 12.0 Å². The maximum Gasteiger partial charge on any atom is 0.341 e. The fourth-order valence-corrected chi connectivity index (χ4v) is 5.53. The van der Waals surface area contributed by atoms with Crippen LogP contribution >= 0.6 is 11.3 Å². The van der Waals surface area contributed by atoms with Gasteiger partial charge in [-0.25, -0.2) is 18.6 Å². The van der Waals surface area contributed by atoms with Gasteiger partial charge < -0.3 is 24.9 Å². The third-order valence-corrected chi connectivity index (χ3v) is 7.53. The maximum atomic E-state index is 14.5. The van der Waals surface area contributed by atoms with Gasteiger partial charge in [0.25, 0.3) is 0 Å². The molecule has 1 aliphatic heterocycles. The Morgan fingerprint density at radius 3 is 2.65 bits per heavy atom. The highest BCUT2D eigenvalue weighted by Gasteiger charge is 2.24. The molecule has 0 atom stereocenters. The molecule has 13 nitrogen and oxygen atoms in total. The number of carbonyl (C=O) groups is 1. The molecule has 1 fully saturated rings. The van der Waals surface area contributed by atoms with Crippen LogP contribution in [0.1, 0.15) is 0 Å². The summed E-state index contributed by atoms with van der Waals surface area (Å²) < 4.78 is 42.4. The number of nitrogen functional groups attached to an aromatic ring is 1. The zero-order valence-corrected chi connectivity index (χ0v) is 21.6. The van der Waals surface area contributed by atoms with E-state index < -0.39 is 24.2 Å². The van der Waals surface area contributed by atoms with E-state index in [2.05, 4.69) is 20.0 Å². The summed E-state index contributed by atoms with van der Waals surface area (Å²) in [7, 11) is 0. The first-order valence-electron chi connectivity index (χ1n) is 12.2. The van der Waals surface area contributed by atoms with E-state index in [1.165, 1.54) is 16.8 Å². The summed E-state index contributed by atoms with van der Waals surface area (Å²) >= 11 is 1.01. The van der Waals surface area contributed by atoms with Crippen molar-refractivity contribution in [3.8, 4) is 17.3 Å². The molecule has 40 heavy (non-hydrogen) atoms. The second-order valence-electron chi connectivity index (χ2n) is 9.04. The highest BCUT2D eigenvalue weighted by atomic mass is 32.1. The third-order valence-electron chi connectivity index (χ3n) is 6.56. The van der Waals surface area contributed by atoms with Crippen LogP contribution < -0.4 is 20.2 Å². The van der Waals surface area contributed by atoms with Gasteiger partial charge in [-0.15, -0.1) is 5.10 Å². The molecule has 3 N–H and O–H groups in total. The molecular weight excluding hydrogens is 550 g/mol. The normalized spacial score (nSPS) is 14.4. The Morgan fingerprint density at radius 1 is 1.12 bits per heavy atom. The molecule has 0 amide bonds. The topological polar surface area (TPSA) is 157 Å². The van der Waals surface area contributed by atoms with Crippen molar-refractivity contribution in [3.63, 3.8) is 0 Å². The Labute approximate surface area is 227 Å². The van der Waals surface area contributed by atoms with Crippen molar-refractivity contribution < 1.29 is 27.8 Å². The van der Waals surface area contributed by atoms with Crippen LogP contribution in [0.3, 0.4) is 0 Å². The van der Waals surface area contributed by atoms with Crippen LogP contribution in [0.15, 0.2) is 39.7 Å². The van der Waals surface area contributed by atoms with Gasteiger partial charge in [0.1, 0.15) is 10.5 Å². The zero-order valence-electron chi connectivity index (χ0n) is 20.8. The molecule has 4 aromatic heterocycles. The molecule has 0 saturated carbocycles. The molecule has 5 heterocycles. The van der Waals surface area contributed by atoms with E-state index in [0.717, 1.165) is 11.3 Å². The summed E-state index contributed by atoms with van der Waals surface area (Å²) in [5, 5.41) is 13.1. The van der Waals surface area contributed by atoms with Gasteiger partial charge >= 0.3 is 10.8 Å². The molecule has 0 aliphatic carbocycles. The van der Waals surface area contributed by atoms with Crippen LogP contribution in [0.2, 0.25) is 0 Å². The maximum absolute atomic E-state index is 14.5. The number of nitrogens with zero attached hydrogens (tertiary/aromatic N) is 7. The number of fused-ring (bicyclic) bond motifs is 3. The summed E-state index contributed by atoms with van der Waals surface area (Å²) in [5.74, 6) is -2.44. The van der Waals surface area contributed by atoms with Crippen LogP contribution in [-0.2, 0) is 11.3 Å². The number of rotatable bonds is 8. The largest absolute Gasteiger partial charge is 0.479 e. The lowest BCUT2D eigenvalue weighted by atomic mass is 10.2. The average molecular weight is 573 g/mol. The molecule has 1 aliphatic rings. The van der Waals surface area contributed by atoms with E-state index in [4.69, 9.17) is 20.0 Å². The Bertz CT molecular complexity index is 1780. The van der Waals surface area contributed by atoms with Crippen LogP contribution in [0.25, 0.3) is 27.6 Å². The fraction of sp³-hybridized carbons (Fsp3) is 0.292. The minimum Gasteiger partial charge on any atom is -0.479 e. The SMILES string of the molecule is Nc1nc2c(sc(=O)n2CCN2CCN(c3cc(OCC(=O)O)c(F)cc3F)CC2)c2nc(-c3ccco3)nn12. The van der Waals surface area contributed by atoms with E-state index in [9.17, 15) is 18.4 Å². The van der Waals surface area contributed by atoms with Gasteiger partial charge in [-0.05, 0) is 12.1 Å². The fourth-order valence-electron chi connectivity index (χ4n) is 4.60. The van der Waals surface area contributed by atoms with Crippen LogP contribution in [-0.4, -0.2) is 79.5 Å². The van der Waals surface area contributed by atoms with Gasteiger partial charge in [0.15, 0.2) is 35.2 Å². The van der Waals surface area contributed by atoms with Crippen LogP contribution in [0.4, 0.5) is 20.4 Å². The molecule has 208 valence electrons. The van der Waals surface area contributed by atoms with Crippen molar-refractivity contribution in [1.82, 2.24) is 29.0 Å². The number of benzene rings is 1. The molecule has 5 aromatic rings. The number of thiazole rings is 1. The monoisotopic (exact) mass is 572 g/mol. The molecule has 6 rings (SSSR count). The number of halogens is 2. The number of piperazine rings is 1. The van der Waals surface area contributed by atoms with E-state index in [0.29, 0.717) is 72.9 Å². The van der Waals surface area contributed by atoms with Crippen molar-refractivity contribution in [2.24, 2.45) is 0 Å². The number of aromatic nitrogens is 5. The molecule has 0 unspecified atom stereocenters. The number of carboxylic acids is 1. The lowest BCUT2D eigenvalue weighted by Crippen LogP contribution is -2.47. The molecule has 1 aromatic carbocycles. The predicted molar refractivity (Wildman–Crippen MR) is 141 cm³/mol. The number of ether oxygens (including phenoxy) is 1. The molecule has 0 spiro atoms. The number of furan rings is 1. The minimum absolute atomic E-state index is 0.0843. The first-order valence-corrected chi connectivity index (χ1v) is 13.0. The van der Waals surface area contributed by atoms with Gasteiger partial charge in [-0.2, -0.15) is 9.50 Å². The smallest absolute Gasteiger partial charge is 0.341 e. The number of nitrogens with two attached hydrogens (primary N) is 1. The Kier molecular flexibility index (Phi) is 6.55. The van der Waals surface area contributed by atoms with E-state index >= 15 is 0 Å². The standard InChI is InChI=1S/C24H22F2N8O5S/c25-13-10-14(26)17(39-12-18(35)36)11-15(13)32-6-3-31(4-7-32)5-8-33-21-19(40-24(33)37)22-28-20(16-2-1-9-38-16)30-34(22)23(27)29-21/h1-2,9-11H,3-8,12H2,(H2,27,29)(H,35,36). The number of aliphatic carboxylic acids is 1. The van der Waals surface area contributed by atoms with Crippen LogP contribution in [0.5, 0.6) is 5.75 Å². The van der Waals surface area contributed by atoms with Crippen molar-refractivity contribution >= 4 is 44.9 Å². The quantitative estimate of drug-likeness (QED) is 0.280. The lowest BCUT2D eigenvalue weighted by molar-refractivity contribution is -0.139. The second-order valence-corrected chi connectivity index (χ2v) is 10.00. The highest BCUT2D eigenvalue weighted by molar-refractivity contribution is 7.17. The van der Waals surface area contributed by atoms with Crippen molar-refractivity contribution in [3.05, 3.63) is 51.8 Å². The summed E-state index contributed by atoms with van der Waals surface area (Å²) in [6.45, 7) is 2.10. The van der Waals surface area contributed by atoms with Crippen LogP contribution in [0, 0.1) is 11.6 Å². The van der Waals surface area contributed by atoms with Crippen molar-refractivity contribution in [1.29, 1.82) is 0 Å². The lowest BCUT2D eigenvalue weighted by Gasteiger charge is -2.36. The second kappa shape index (κ2) is 10.2. The minimum atomic E-state index is -1.27. The van der Waals surface area contributed by atoms with E-state index in [1.807, 2.05) is 0 Å². The van der Waals surface area contributed by atoms with Gasteiger partial charge in [-0.1, -0.05) is 11.3 Å². The first-order chi connectivity index (χ1) is 19.3. The molecule has 16 heteroatoms. The number of carboxylic acid groups (broad SMARTS) is 1. The first kappa shape index (κ1) is 25.7. The zero-order chi connectivity index (χ0) is 28.0. The number of hydrogen-bond donors (Lipinski definition) is 2. The molecule has 0 bridgehead atoms. The summed E-state index contributed by atoms with van der Waals surface area (Å²) in [6, 6.07) is 5.31. The number of anilines is 2. The predicted octanol–water partition coefficient (Wildman–Crippen LogP) is 1.91. The van der Waals surface area contributed by atoms with Crippen molar-refractivity contribution in [2.45, 2.75) is 6.54 Å². The van der Waals surface area contributed by atoms with E-state index in [-0.39, 0.29) is 22.3 Å². The number of hydrogen-bond acceptors (Lipinski definition) is 11. The molecule has 0 radical (unpaired) electrons. The Hall–Kier alpha value is -4.57.